The van der Waals surface area contributed by atoms with E-state index in [1.54, 1.807) is 0 Å². The minimum atomic E-state index is -0.260. The van der Waals surface area contributed by atoms with Gasteiger partial charge in [0.15, 0.2) is 5.78 Å². The Balaban J connectivity index is 0.000000810. The SMILES string of the molecule is CN1CCC(=O)C(Cl)C1.Cl. The highest BCUT2D eigenvalue weighted by Gasteiger charge is 2.22. The summed E-state index contributed by atoms with van der Waals surface area (Å²) in [5.74, 6) is 0.190. The summed E-state index contributed by atoms with van der Waals surface area (Å²) in [5, 5.41) is -0.260. The van der Waals surface area contributed by atoms with Crippen LogP contribution in [0.1, 0.15) is 6.42 Å². The van der Waals surface area contributed by atoms with E-state index in [0.29, 0.717) is 13.0 Å². The van der Waals surface area contributed by atoms with Gasteiger partial charge in [-0.2, -0.15) is 0 Å². The summed E-state index contributed by atoms with van der Waals surface area (Å²) in [5.41, 5.74) is 0. The second kappa shape index (κ2) is 4.16. The molecule has 10 heavy (non-hydrogen) atoms. The van der Waals surface area contributed by atoms with Crippen LogP contribution in [-0.4, -0.2) is 36.2 Å². The van der Waals surface area contributed by atoms with Crippen molar-refractivity contribution in [2.24, 2.45) is 0 Å². The maximum atomic E-state index is 10.8. The van der Waals surface area contributed by atoms with Gasteiger partial charge in [-0.25, -0.2) is 0 Å². The molecule has 1 aliphatic rings. The lowest BCUT2D eigenvalue weighted by Gasteiger charge is -2.24. The van der Waals surface area contributed by atoms with Crippen molar-refractivity contribution in [2.45, 2.75) is 11.8 Å². The van der Waals surface area contributed by atoms with Crippen molar-refractivity contribution in [3.05, 3.63) is 0 Å². The smallest absolute Gasteiger partial charge is 0.153 e. The van der Waals surface area contributed by atoms with Crippen molar-refractivity contribution in [1.82, 2.24) is 4.90 Å². The minimum absolute atomic E-state index is 0. The first-order chi connectivity index (χ1) is 4.20. The molecule has 0 bridgehead atoms. The van der Waals surface area contributed by atoms with E-state index in [0.717, 1.165) is 6.54 Å². The molecule has 0 radical (unpaired) electrons. The molecule has 4 heteroatoms. The molecule has 1 rings (SSSR count). The predicted molar refractivity (Wildman–Crippen MR) is 44.0 cm³/mol. The van der Waals surface area contributed by atoms with Gasteiger partial charge < -0.3 is 4.90 Å². The van der Waals surface area contributed by atoms with Crippen LogP contribution in [-0.2, 0) is 4.79 Å². The molecule has 0 amide bonds. The number of Topliss-reactive ketones (excluding diaryl/α,β-unsaturated/α-hetero) is 1. The zero-order valence-electron chi connectivity index (χ0n) is 5.84. The summed E-state index contributed by atoms with van der Waals surface area (Å²) < 4.78 is 0. The fourth-order valence-electron chi connectivity index (χ4n) is 0.924. The largest absolute Gasteiger partial charge is 0.304 e. The first kappa shape index (κ1) is 10.2. The number of likely N-dealkylation sites (tertiary alicyclic amines) is 1. The van der Waals surface area contributed by atoms with Gasteiger partial charge in [0.05, 0.1) is 0 Å². The van der Waals surface area contributed by atoms with Crippen molar-refractivity contribution >= 4 is 29.8 Å². The Kier molecular flexibility index (Phi) is 4.25. The lowest BCUT2D eigenvalue weighted by atomic mass is 10.1. The zero-order chi connectivity index (χ0) is 6.85. The van der Waals surface area contributed by atoms with E-state index in [1.165, 1.54) is 0 Å². The molecule has 0 aliphatic carbocycles. The van der Waals surface area contributed by atoms with Gasteiger partial charge in [0.25, 0.3) is 0 Å². The van der Waals surface area contributed by atoms with Gasteiger partial charge in [-0.05, 0) is 7.05 Å². The normalized spacial score (nSPS) is 27.8. The second-order valence-electron chi connectivity index (χ2n) is 2.45. The summed E-state index contributed by atoms with van der Waals surface area (Å²) in [7, 11) is 1.97. The summed E-state index contributed by atoms with van der Waals surface area (Å²) >= 11 is 5.67. The number of halogens is 2. The molecule has 1 atom stereocenters. The number of hydrogen-bond acceptors (Lipinski definition) is 2. The van der Waals surface area contributed by atoms with Gasteiger partial charge in [0.2, 0.25) is 0 Å². The third kappa shape index (κ3) is 2.45. The zero-order valence-corrected chi connectivity index (χ0v) is 7.41. The first-order valence-corrected chi connectivity index (χ1v) is 3.49. The van der Waals surface area contributed by atoms with E-state index in [2.05, 4.69) is 4.90 Å². The van der Waals surface area contributed by atoms with E-state index >= 15 is 0 Å². The van der Waals surface area contributed by atoms with Gasteiger partial charge in [0, 0.05) is 19.5 Å². The molecule has 0 aromatic rings. The van der Waals surface area contributed by atoms with Crippen molar-refractivity contribution < 1.29 is 4.79 Å². The third-order valence-electron chi connectivity index (χ3n) is 1.56. The average Bonchev–Trinajstić information content (AvgIpc) is 1.80. The van der Waals surface area contributed by atoms with Crippen LogP contribution in [0.5, 0.6) is 0 Å². The highest BCUT2D eigenvalue weighted by atomic mass is 35.5. The van der Waals surface area contributed by atoms with E-state index in [1.807, 2.05) is 7.05 Å². The van der Waals surface area contributed by atoms with Gasteiger partial charge in [-0.3, -0.25) is 4.79 Å². The molecule has 0 N–H and O–H groups in total. The van der Waals surface area contributed by atoms with Gasteiger partial charge in [0.1, 0.15) is 5.38 Å². The Morgan fingerprint density at radius 1 is 1.70 bits per heavy atom. The molecule has 0 saturated carbocycles. The number of nitrogens with zero attached hydrogens (tertiary/aromatic N) is 1. The maximum Gasteiger partial charge on any atom is 0.153 e. The Morgan fingerprint density at radius 2 is 2.30 bits per heavy atom. The van der Waals surface area contributed by atoms with E-state index < -0.39 is 0 Å². The van der Waals surface area contributed by atoms with Crippen LogP contribution in [0.2, 0.25) is 0 Å². The summed E-state index contributed by atoms with van der Waals surface area (Å²) in [6.07, 6.45) is 0.616. The number of hydrogen-bond donors (Lipinski definition) is 0. The molecule has 1 unspecified atom stereocenters. The van der Waals surface area contributed by atoms with Crippen LogP contribution in [0.15, 0.2) is 0 Å². The van der Waals surface area contributed by atoms with Crippen LogP contribution >= 0.6 is 24.0 Å². The molecule has 2 nitrogen and oxygen atoms in total. The van der Waals surface area contributed by atoms with Crippen molar-refractivity contribution in [3.8, 4) is 0 Å². The molecule has 1 saturated heterocycles. The molecule has 1 aliphatic heterocycles. The van der Waals surface area contributed by atoms with Crippen LogP contribution in [0.4, 0.5) is 0 Å². The second-order valence-corrected chi connectivity index (χ2v) is 2.97. The molecular weight excluding hydrogens is 173 g/mol. The Bertz CT molecular complexity index is 129. The molecule has 60 valence electrons. The fraction of sp³-hybridized carbons (Fsp3) is 0.833. The summed E-state index contributed by atoms with van der Waals surface area (Å²) in [6.45, 7) is 1.57. The maximum absolute atomic E-state index is 10.8. The summed E-state index contributed by atoms with van der Waals surface area (Å²) in [6, 6.07) is 0. The van der Waals surface area contributed by atoms with E-state index in [9.17, 15) is 4.79 Å². The monoisotopic (exact) mass is 183 g/mol. The molecule has 0 aromatic carbocycles. The van der Waals surface area contributed by atoms with Crippen molar-refractivity contribution in [3.63, 3.8) is 0 Å². The molecule has 0 aromatic heterocycles. The highest BCUT2D eigenvalue weighted by Crippen LogP contribution is 2.09. The van der Waals surface area contributed by atoms with Crippen LogP contribution < -0.4 is 0 Å². The van der Waals surface area contributed by atoms with E-state index in [-0.39, 0.29) is 23.6 Å². The van der Waals surface area contributed by atoms with Crippen LogP contribution in [0.25, 0.3) is 0 Å². The molecule has 0 spiro atoms. The fourth-order valence-corrected chi connectivity index (χ4v) is 1.27. The standard InChI is InChI=1S/C6H10ClNO.ClH/c1-8-3-2-6(9)5(7)4-8;/h5H,2-4H2,1H3;1H. The summed E-state index contributed by atoms with van der Waals surface area (Å²) in [4.78, 5) is 12.8. The number of ketones is 1. The highest BCUT2D eigenvalue weighted by molar-refractivity contribution is 6.31. The molecule has 1 fully saturated rings. The van der Waals surface area contributed by atoms with Crippen LogP contribution in [0, 0.1) is 0 Å². The number of carbonyl (C=O) groups is 1. The average molecular weight is 184 g/mol. The topological polar surface area (TPSA) is 20.3 Å². The number of rotatable bonds is 0. The van der Waals surface area contributed by atoms with Crippen molar-refractivity contribution in [2.75, 3.05) is 20.1 Å². The third-order valence-corrected chi connectivity index (χ3v) is 1.94. The quantitative estimate of drug-likeness (QED) is 0.521. The number of piperidine rings is 1. The number of alkyl halides is 1. The van der Waals surface area contributed by atoms with Gasteiger partial charge in [-0.1, -0.05) is 0 Å². The Hall–Kier alpha value is 0.210. The van der Waals surface area contributed by atoms with E-state index in [4.69, 9.17) is 11.6 Å². The van der Waals surface area contributed by atoms with Crippen molar-refractivity contribution in [1.29, 1.82) is 0 Å². The van der Waals surface area contributed by atoms with Crippen LogP contribution in [0.3, 0.4) is 0 Å². The molecular formula is C6H11Cl2NO. The molecule has 1 heterocycles. The van der Waals surface area contributed by atoms with Gasteiger partial charge in [-0.15, -0.1) is 24.0 Å². The van der Waals surface area contributed by atoms with Gasteiger partial charge >= 0.3 is 0 Å². The first-order valence-electron chi connectivity index (χ1n) is 3.05. The minimum Gasteiger partial charge on any atom is -0.304 e. The Morgan fingerprint density at radius 3 is 2.70 bits per heavy atom. The number of carbonyl (C=O) groups excluding carboxylic acids is 1. The lowest BCUT2D eigenvalue weighted by molar-refractivity contribution is -0.120. The lowest BCUT2D eigenvalue weighted by Crippen LogP contribution is -2.38. The predicted octanol–water partition coefficient (Wildman–Crippen LogP) is 0.920. The Labute approximate surface area is 71.9 Å².